The van der Waals surface area contributed by atoms with Crippen LogP contribution in [0.25, 0.3) is 0 Å². The van der Waals surface area contributed by atoms with Crippen LogP contribution < -0.4 is 5.73 Å². The van der Waals surface area contributed by atoms with Crippen LogP contribution in [0, 0.1) is 5.41 Å². The molecule has 5 heteroatoms. The zero-order chi connectivity index (χ0) is 19.3. The summed E-state index contributed by atoms with van der Waals surface area (Å²) in [6.07, 6.45) is 8.72. The van der Waals surface area contributed by atoms with Crippen molar-refractivity contribution in [2.24, 2.45) is 11.1 Å². The number of allylic oxidation sites excluding steroid dienone is 3. The van der Waals surface area contributed by atoms with Crippen molar-refractivity contribution in [3.8, 4) is 0 Å². The van der Waals surface area contributed by atoms with Gasteiger partial charge in [-0.3, -0.25) is 4.57 Å². The smallest absolute Gasteiger partial charge is 0.317 e. The predicted octanol–water partition coefficient (Wildman–Crippen LogP) is 5.09. The highest BCUT2D eigenvalue weighted by molar-refractivity contribution is 7.54. The van der Waals surface area contributed by atoms with Gasteiger partial charge in [-0.15, -0.1) is 0 Å². The molecule has 2 atom stereocenters. The van der Waals surface area contributed by atoms with Gasteiger partial charge in [0, 0.05) is 25.6 Å². The third-order valence-corrected chi connectivity index (χ3v) is 7.51. The SMILES string of the molecule is COP(=O)(OC)[C@@H](N)C1(C(c2ccccc2)c2ccccc2)C=CC=CC1. The zero-order valence-electron chi connectivity index (χ0n) is 15.7. The molecule has 0 bridgehead atoms. The maximum atomic E-state index is 13.3. The molecule has 3 rings (SSSR count). The topological polar surface area (TPSA) is 61.5 Å². The molecule has 1 aliphatic carbocycles. The van der Waals surface area contributed by atoms with Gasteiger partial charge in [0.15, 0.2) is 0 Å². The van der Waals surface area contributed by atoms with Crippen molar-refractivity contribution in [2.75, 3.05) is 14.2 Å². The van der Waals surface area contributed by atoms with Crippen LogP contribution in [-0.4, -0.2) is 20.0 Å². The second kappa shape index (κ2) is 8.37. The molecule has 0 radical (unpaired) electrons. The van der Waals surface area contributed by atoms with Crippen LogP contribution in [0.5, 0.6) is 0 Å². The number of hydrogen-bond donors (Lipinski definition) is 1. The van der Waals surface area contributed by atoms with E-state index in [0.29, 0.717) is 6.42 Å². The van der Waals surface area contributed by atoms with E-state index in [4.69, 9.17) is 14.8 Å². The molecule has 142 valence electrons. The Labute approximate surface area is 161 Å². The molecule has 2 aromatic rings. The van der Waals surface area contributed by atoms with Crippen LogP contribution in [-0.2, 0) is 13.6 Å². The summed E-state index contributed by atoms with van der Waals surface area (Å²) in [5.74, 6) is -0.929. The molecule has 0 spiro atoms. The molecule has 1 aliphatic rings. The fourth-order valence-electron chi connectivity index (χ4n) is 3.96. The lowest BCUT2D eigenvalue weighted by Crippen LogP contribution is -2.45. The molecule has 27 heavy (non-hydrogen) atoms. The average Bonchev–Trinajstić information content (AvgIpc) is 2.75. The highest BCUT2D eigenvalue weighted by atomic mass is 31.2. The third kappa shape index (κ3) is 3.71. The summed E-state index contributed by atoms with van der Waals surface area (Å²) >= 11 is 0. The van der Waals surface area contributed by atoms with Crippen molar-refractivity contribution in [1.82, 2.24) is 0 Å². The molecule has 0 amide bonds. The number of nitrogens with two attached hydrogens (primary N) is 1. The van der Waals surface area contributed by atoms with Gasteiger partial charge in [-0.25, -0.2) is 0 Å². The van der Waals surface area contributed by atoms with E-state index in [-0.39, 0.29) is 5.92 Å². The molecule has 0 aliphatic heterocycles. The van der Waals surface area contributed by atoms with E-state index < -0.39 is 18.8 Å². The van der Waals surface area contributed by atoms with Gasteiger partial charge in [-0.2, -0.15) is 0 Å². The van der Waals surface area contributed by atoms with Gasteiger partial charge < -0.3 is 14.8 Å². The van der Waals surface area contributed by atoms with Crippen molar-refractivity contribution in [3.05, 3.63) is 96.1 Å². The quantitative estimate of drug-likeness (QED) is 0.677. The molecule has 0 saturated heterocycles. The first-order chi connectivity index (χ1) is 13.1. The first-order valence-corrected chi connectivity index (χ1v) is 10.6. The normalized spacial score (nSPS) is 20.7. The largest absolute Gasteiger partial charge is 0.347 e. The lowest BCUT2D eigenvalue weighted by molar-refractivity contribution is 0.222. The summed E-state index contributed by atoms with van der Waals surface area (Å²) in [6.45, 7) is 0. The van der Waals surface area contributed by atoms with Crippen LogP contribution in [0.15, 0.2) is 85.0 Å². The second-order valence-corrected chi connectivity index (χ2v) is 9.07. The Morgan fingerprint density at radius 2 is 1.44 bits per heavy atom. The van der Waals surface area contributed by atoms with Crippen LogP contribution in [0.1, 0.15) is 23.5 Å². The fourth-order valence-corrected chi connectivity index (χ4v) is 5.49. The Morgan fingerprint density at radius 1 is 0.926 bits per heavy atom. The van der Waals surface area contributed by atoms with Crippen molar-refractivity contribution in [1.29, 1.82) is 0 Å². The van der Waals surface area contributed by atoms with Gasteiger partial charge in [0.2, 0.25) is 0 Å². The Balaban J connectivity index is 2.23. The summed E-state index contributed by atoms with van der Waals surface area (Å²) < 4.78 is 23.9. The summed E-state index contributed by atoms with van der Waals surface area (Å²) in [5, 5.41) is 0. The second-order valence-electron chi connectivity index (χ2n) is 6.71. The summed E-state index contributed by atoms with van der Waals surface area (Å²) in [7, 11) is -0.730. The van der Waals surface area contributed by atoms with Crippen molar-refractivity contribution >= 4 is 7.60 Å². The van der Waals surface area contributed by atoms with Crippen LogP contribution >= 0.6 is 7.60 Å². The molecule has 0 saturated carbocycles. The van der Waals surface area contributed by atoms with Gasteiger partial charge in [0.05, 0.1) is 0 Å². The predicted molar refractivity (Wildman–Crippen MR) is 110 cm³/mol. The molecule has 2 N–H and O–H groups in total. The molecule has 4 nitrogen and oxygen atoms in total. The maximum Gasteiger partial charge on any atom is 0.347 e. The van der Waals surface area contributed by atoms with Gasteiger partial charge >= 0.3 is 7.60 Å². The minimum absolute atomic E-state index is 0.102. The highest BCUT2D eigenvalue weighted by Crippen LogP contribution is 2.62. The molecule has 1 unspecified atom stereocenters. The van der Waals surface area contributed by atoms with Crippen molar-refractivity contribution < 1.29 is 13.6 Å². The Bertz CT molecular complexity index is 803. The number of benzene rings is 2. The van der Waals surface area contributed by atoms with Gasteiger partial charge in [-0.1, -0.05) is 85.0 Å². The van der Waals surface area contributed by atoms with Gasteiger partial charge in [0.1, 0.15) is 5.78 Å². The zero-order valence-corrected chi connectivity index (χ0v) is 16.6. The lowest BCUT2D eigenvalue weighted by atomic mass is 9.65. The highest BCUT2D eigenvalue weighted by Gasteiger charge is 2.51. The first kappa shape index (κ1) is 19.8. The maximum absolute atomic E-state index is 13.3. The molecule has 2 aromatic carbocycles. The van der Waals surface area contributed by atoms with Gasteiger partial charge in [0.25, 0.3) is 0 Å². The van der Waals surface area contributed by atoms with E-state index in [9.17, 15) is 4.57 Å². The number of hydrogen-bond acceptors (Lipinski definition) is 4. The molecule has 0 aromatic heterocycles. The van der Waals surface area contributed by atoms with Crippen molar-refractivity contribution in [3.63, 3.8) is 0 Å². The Morgan fingerprint density at radius 3 is 1.85 bits per heavy atom. The van der Waals surface area contributed by atoms with Crippen LogP contribution in [0.3, 0.4) is 0 Å². The van der Waals surface area contributed by atoms with E-state index in [1.807, 2.05) is 48.6 Å². The number of rotatable bonds is 7. The van der Waals surface area contributed by atoms with Gasteiger partial charge in [-0.05, 0) is 17.5 Å². The van der Waals surface area contributed by atoms with Crippen molar-refractivity contribution in [2.45, 2.75) is 18.1 Å². The van der Waals surface area contributed by atoms with E-state index in [1.54, 1.807) is 0 Å². The van der Waals surface area contributed by atoms with E-state index >= 15 is 0 Å². The summed E-state index contributed by atoms with van der Waals surface area (Å²) in [4.78, 5) is 0. The Kier molecular flexibility index (Phi) is 6.13. The minimum Gasteiger partial charge on any atom is -0.317 e. The fraction of sp³-hybridized carbons (Fsp3) is 0.273. The molecule has 0 heterocycles. The average molecular weight is 383 g/mol. The summed E-state index contributed by atoms with van der Waals surface area (Å²) in [5.41, 5.74) is 8.22. The van der Waals surface area contributed by atoms with E-state index in [1.165, 1.54) is 14.2 Å². The molecule has 0 fully saturated rings. The summed E-state index contributed by atoms with van der Waals surface area (Å²) in [6, 6.07) is 20.4. The first-order valence-electron chi connectivity index (χ1n) is 8.98. The standard InChI is InChI=1S/C22H26NO3P/c1-25-27(24,26-2)21(23)22(16-10-5-11-17-22)20(18-12-6-3-7-13-18)19-14-8-4-9-15-19/h3-16,20-21H,17,23H2,1-2H3/t21-,22?/m1/s1. The lowest BCUT2D eigenvalue weighted by Gasteiger charge is -2.45. The van der Waals surface area contributed by atoms with Crippen LogP contribution in [0.4, 0.5) is 0 Å². The van der Waals surface area contributed by atoms with E-state index in [2.05, 4.69) is 36.4 Å². The Hall–Kier alpha value is -1.97. The molecular weight excluding hydrogens is 357 g/mol. The third-order valence-electron chi connectivity index (χ3n) is 5.33. The molecular formula is C22H26NO3P. The minimum atomic E-state index is -3.51. The monoisotopic (exact) mass is 383 g/mol. The van der Waals surface area contributed by atoms with E-state index in [0.717, 1.165) is 11.1 Å². The van der Waals surface area contributed by atoms with Crippen LogP contribution in [0.2, 0.25) is 0 Å².